The van der Waals surface area contributed by atoms with Crippen molar-refractivity contribution >= 4 is 22.9 Å². The van der Waals surface area contributed by atoms with Gasteiger partial charge >= 0.3 is 0 Å². The molecule has 2 aromatic carbocycles. The van der Waals surface area contributed by atoms with Crippen LogP contribution < -0.4 is 0 Å². The first-order valence-corrected chi connectivity index (χ1v) is 9.02. The Hall–Kier alpha value is -3.15. The van der Waals surface area contributed by atoms with Crippen molar-refractivity contribution in [2.24, 2.45) is 0 Å². The number of amides is 2. The predicted molar refractivity (Wildman–Crippen MR) is 102 cm³/mol. The van der Waals surface area contributed by atoms with Crippen LogP contribution in [0.2, 0.25) is 0 Å². The lowest BCUT2D eigenvalue weighted by atomic mass is 10.0. The van der Waals surface area contributed by atoms with Crippen LogP contribution in [0.5, 0.6) is 0 Å². The Morgan fingerprint density at radius 2 is 1.63 bits per heavy atom. The number of nitrogens with zero attached hydrogens (tertiary/aromatic N) is 3. The molecule has 0 bridgehead atoms. The molecule has 138 valence electrons. The van der Waals surface area contributed by atoms with E-state index in [9.17, 15) is 9.59 Å². The molecule has 2 amide bonds. The smallest absolute Gasteiger partial charge is 0.254 e. The lowest BCUT2D eigenvalue weighted by Gasteiger charge is -2.35. The van der Waals surface area contributed by atoms with Gasteiger partial charge in [-0.2, -0.15) is 0 Å². The molecule has 4 rings (SSSR count). The fraction of sp³-hybridized carbons (Fsp3) is 0.286. The van der Waals surface area contributed by atoms with Gasteiger partial charge in [-0.25, -0.2) is 4.98 Å². The Balaban J connectivity index is 1.43. The predicted octanol–water partition coefficient (Wildman–Crippen LogP) is 3.04. The molecule has 1 aromatic heterocycles. The topological polar surface area (TPSA) is 66.7 Å². The molecule has 27 heavy (non-hydrogen) atoms. The van der Waals surface area contributed by atoms with Gasteiger partial charge in [0.05, 0.1) is 0 Å². The number of aryl methyl sites for hydroxylation is 2. The van der Waals surface area contributed by atoms with Gasteiger partial charge in [-0.3, -0.25) is 9.59 Å². The molecule has 2 heterocycles. The monoisotopic (exact) mass is 363 g/mol. The van der Waals surface area contributed by atoms with Gasteiger partial charge in [0.1, 0.15) is 5.52 Å². The minimum Gasteiger partial charge on any atom is -0.443 e. The summed E-state index contributed by atoms with van der Waals surface area (Å²) in [6, 6.07) is 11.1. The summed E-state index contributed by atoms with van der Waals surface area (Å²) >= 11 is 0. The molecular weight excluding hydrogens is 342 g/mol. The van der Waals surface area contributed by atoms with Crippen LogP contribution in [0, 0.1) is 13.8 Å². The summed E-state index contributed by atoms with van der Waals surface area (Å²) in [5.41, 5.74) is 4.77. The zero-order valence-corrected chi connectivity index (χ0v) is 15.4. The number of fused-ring (bicyclic) bond motifs is 1. The molecule has 0 unspecified atom stereocenters. The van der Waals surface area contributed by atoms with Crippen molar-refractivity contribution in [3.8, 4) is 0 Å². The van der Waals surface area contributed by atoms with E-state index in [2.05, 4.69) is 4.98 Å². The van der Waals surface area contributed by atoms with Crippen LogP contribution in [-0.4, -0.2) is 52.8 Å². The van der Waals surface area contributed by atoms with Crippen LogP contribution in [0.3, 0.4) is 0 Å². The van der Waals surface area contributed by atoms with Gasteiger partial charge < -0.3 is 14.2 Å². The number of hydrogen-bond donors (Lipinski definition) is 0. The van der Waals surface area contributed by atoms with Crippen LogP contribution in [0.4, 0.5) is 0 Å². The van der Waals surface area contributed by atoms with Crippen molar-refractivity contribution in [3.63, 3.8) is 0 Å². The van der Waals surface area contributed by atoms with E-state index in [1.807, 2.05) is 36.9 Å². The highest BCUT2D eigenvalue weighted by atomic mass is 16.3. The zero-order chi connectivity index (χ0) is 19.0. The van der Waals surface area contributed by atoms with E-state index in [-0.39, 0.29) is 11.8 Å². The third kappa shape index (κ3) is 3.30. The molecule has 0 aliphatic carbocycles. The SMILES string of the molecule is Cc1ccc(C(=O)N2CCN(C(=O)c3ccc4ncoc4c3)CC2)c(C)c1. The third-order valence-electron chi connectivity index (χ3n) is 5.04. The summed E-state index contributed by atoms with van der Waals surface area (Å²) < 4.78 is 5.28. The summed E-state index contributed by atoms with van der Waals surface area (Å²) in [7, 11) is 0. The number of aromatic nitrogens is 1. The van der Waals surface area contributed by atoms with E-state index in [1.165, 1.54) is 6.39 Å². The molecule has 0 spiro atoms. The van der Waals surface area contributed by atoms with Crippen LogP contribution >= 0.6 is 0 Å². The average Bonchev–Trinajstić information content (AvgIpc) is 3.15. The molecule has 0 atom stereocenters. The fourth-order valence-electron chi connectivity index (χ4n) is 3.51. The largest absolute Gasteiger partial charge is 0.443 e. The summed E-state index contributed by atoms with van der Waals surface area (Å²) in [5.74, 6) is -0.0189. The standard InChI is InChI=1S/C21H21N3O3/c1-14-3-5-17(15(2)11-14)21(26)24-9-7-23(8-10-24)20(25)16-4-6-18-19(12-16)27-13-22-18/h3-6,11-13H,7-10H2,1-2H3. The highest BCUT2D eigenvalue weighted by Crippen LogP contribution is 2.18. The minimum absolute atomic E-state index is 0.0303. The summed E-state index contributed by atoms with van der Waals surface area (Å²) in [6.07, 6.45) is 1.37. The Morgan fingerprint density at radius 3 is 2.33 bits per heavy atom. The number of benzene rings is 2. The van der Waals surface area contributed by atoms with Crippen molar-refractivity contribution in [2.45, 2.75) is 13.8 Å². The van der Waals surface area contributed by atoms with Gasteiger partial charge in [-0.1, -0.05) is 17.7 Å². The Bertz CT molecular complexity index is 1020. The van der Waals surface area contributed by atoms with Crippen LogP contribution in [0.1, 0.15) is 31.8 Å². The van der Waals surface area contributed by atoms with Gasteiger partial charge in [-0.15, -0.1) is 0 Å². The summed E-state index contributed by atoms with van der Waals surface area (Å²) in [6.45, 7) is 6.07. The molecule has 0 N–H and O–H groups in total. The minimum atomic E-state index is -0.0492. The molecule has 3 aromatic rings. The number of hydrogen-bond acceptors (Lipinski definition) is 4. The number of piperazine rings is 1. The van der Waals surface area contributed by atoms with Gasteiger partial charge in [0.2, 0.25) is 0 Å². The normalized spacial score (nSPS) is 14.6. The van der Waals surface area contributed by atoms with Crippen molar-refractivity contribution in [1.82, 2.24) is 14.8 Å². The van der Waals surface area contributed by atoms with E-state index in [1.54, 1.807) is 23.1 Å². The van der Waals surface area contributed by atoms with E-state index in [4.69, 9.17) is 4.42 Å². The van der Waals surface area contributed by atoms with Gasteiger partial charge in [0.25, 0.3) is 11.8 Å². The molecular formula is C21H21N3O3. The molecule has 1 fully saturated rings. The van der Waals surface area contributed by atoms with Crippen LogP contribution in [-0.2, 0) is 0 Å². The van der Waals surface area contributed by atoms with Crippen LogP contribution in [0.25, 0.3) is 11.1 Å². The maximum atomic E-state index is 12.8. The van der Waals surface area contributed by atoms with Crippen LogP contribution in [0.15, 0.2) is 47.2 Å². The third-order valence-corrected chi connectivity index (χ3v) is 5.04. The van der Waals surface area contributed by atoms with Crippen molar-refractivity contribution in [2.75, 3.05) is 26.2 Å². The zero-order valence-electron chi connectivity index (χ0n) is 15.4. The highest BCUT2D eigenvalue weighted by molar-refractivity contribution is 5.98. The van der Waals surface area contributed by atoms with E-state index in [0.717, 1.165) is 22.2 Å². The quantitative estimate of drug-likeness (QED) is 0.702. The van der Waals surface area contributed by atoms with Crippen molar-refractivity contribution < 1.29 is 14.0 Å². The fourth-order valence-corrected chi connectivity index (χ4v) is 3.51. The second-order valence-electron chi connectivity index (χ2n) is 6.94. The number of rotatable bonds is 2. The molecule has 1 saturated heterocycles. The first kappa shape index (κ1) is 17.3. The Labute approximate surface area is 157 Å². The van der Waals surface area contributed by atoms with E-state index >= 15 is 0 Å². The molecule has 1 aliphatic heterocycles. The summed E-state index contributed by atoms with van der Waals surface area (Å²) in [4.78, 5) is 33.2. The van der Waals surface area contributed by atoms with Crippen molar-refractivity contribution in [1.29, 1.82) is 0 Å². The van der Waals surface area contributed by atoms with E-state index < -0.39 is 0 Å². The maximum Gasteiger partial charge on any atom is 0.254 e. The van der Waals surface area contributed by atoms with Gasteiger partial charge in [0, 0.05) is 37.3 Å². The maximum absolute atomic E-state index is 12.8. The molecule has 6 nitrogen and oxygen atoms in total. The van der Waals surface area contributed by atoms with Gasteiger partial charge in [-0.05, 0) is 43.7 Å². The summed E-state index contributed by atoms with van der Waals surface area (Å²) in [5, 5.41) is 0. The van der Waals surface area contributed by atoms with Crippen molar-refractivity contribution in [3.05, 3.63) is 65.0 Å². The molecule has 0 radical (unpaired) electrons. The number of carbonyl (C=O) groups is 2. The molecule has 6 heteroatoms. The Morgan fingerprint density at radius 1 is 0.926 bits per heavy atom. The lowest BCUT2D eigenvalue weighted by molar-refractivity contribution is 0.0535. The molecule has 1 aliphatic rings. The van der Waals surface area contributed by atoms with Gasteiger partial charge in [0.15, 0.2) is 12.0 Å². The van der Waals surface area contributed by atoms with E-state index in [0.29, 0.717) is 37.3 Å². The highest BCUT2D eigenvalue weighted by Gasteiger charge is 2.26. The lowest BCUT2D eigenvalue weighted by Crippen LogP contribution is -2.50. The Kier molecular flexibility index (Phi) is 4.39. The second-order valence-corrected chi connectivity index (χ2v) is 6.94. The average molecular weight is 363 g/mol. The number of oxazole rings is 1. The second kappa shape index (κ2) is 6.87. The molecule has 0 saturated carbocycles. The number of carbonyl (C=O) groups excluding carboxylic acids is 2. The first-order valence-electron chi connectivity index (χ1n) is 9.02. The first-order chi connectivity index (χ1) is 13.0.